The first-order chi connectivity index (χ1) is 9.52. The zero-order chi connectivity index (χ0) is 15.3. The van der Waals surface area contributed by atoms with Crippen molar-refractivity contribution in [3.8, 4) is 0 Å². The third-order valence-electron chi connectivity index (χ3n) is 3.05. The van der Waals surface area contributed by atoms with E-state index in [0.717, 1.165) is 12.8 Å². The van der Waals surface area contributed by atoms with Crippen LogP contribution in [-0.2, 0) is 19.1 Å². The average Bonchev–Trinajstić information content (AvgIpc) is 2.36. The molecular formula is C14H30Na2O5S. The zero-order valence-electron chi connectivity index (χ0n) is 12.5. The molecule has 0 unspecified atom stereocenters. The van der Waals surface area contributed by atoms with Crippen LogP contribution in [0.15, 0.2) is 0 Å². The van der Waals surface area contributed by atoms with Gasteiger partial charge in [0.1, 0.15) is 5.75 Å². The van der Waals surface area contributed by atoms with Crippen LogP contribution in [0.1, 0.15) is 71.1 Å². The number of carbonyl (C=O) groups is 1. The summed E-state index contributed by atoms with van der Waals surface area (Å²) in [6, 6.07) is 0. The van der Waals surface area contributed by atoms with Crippen molar-refractivity contribution in [3.05, 3.63) is 0 Å². The number of carbonyl (C=O) groups excluding carboxylic acids is 1. The Morgan fingerprint density at radius 2 is 1.36 bits per heavy atom. The molecule has 0 amide bonds. The summed E-state index contributed by atoms with van der Waals surface area (Å²) in [6.45, 7) is 1.66. The normalized spacial score (nSPS) is 10.5. The van der Waals surface area contributed by atoms with E-state index >= 15 is 0 Å². The molecule has 0 aromatic heterocycles. The molecule has 0 atom stereocenters. The van der Waals surface area contributed by atoms with Gasteiger partial charge in [0, 0.05) is 6.42 Å². The number of unbranched alkanes of at least 4 members (excludes halogenated alkanes) is 8. The third-order valence-corrected chi connectivity index (χ3v) is 4.17. The molecule has 0 rings (SSSR count). The summed E-state index contributed by atoms with van der Waals surface area (Å²) in [5.74, 6) is -1.25. The summed E-state index contributed by atoms with van der Waals surface area (Å²) < 4.78 is 26.5. The molecule has 0 saturated carbocycles. The van der Waals surface area contributed by atoms with E-state index in [1.54, 1.807) is 0 Å². The SMILES string of the molecule is CCCCCCCCCCCC(=O)OS(=O)(=O)CCO.[NaH].[NaH]. The molecule has 0 spiro atoms. The topological polar surface area (TPSA) is 80.7 Å². The van der Waals surface area contributed by atoms with E-state index in [0.29, 0.717) is 6.42 Å². The Morgan fingerprint density at radius 3 is 1.82 bits per heavy atom. The molecule has 0 heterocycles. The second kappa shape index (κ2) is 18.7. The molecule has 0 aromatic carbocycles. The number of hydrogen-bond donors (Lipinski definition) is 1. The fraction of sp³-hybridized carbons (Fsp3) is 0.929. The summed E-state index contributed by atoms with van der Waals surface area (Å²) in [6.07, 6.45) is 10.3. The van der Waals surface area contributed by atoms with Gasteiger partial charge < -0.3 is 9.29 Å². The van der Waals surface area contributed by atoms with Gasteiger partial charge in [0.2, 0.25) is 0 Å². The van der Waals surface area contributed by atoms with Gasteiger partial charge in [-0.2, -0.15) is 8.42 Å². The average molecular weight is 356 g/mol. The molecule has 0 saturated heterocycles. The van der Waals surface area contributed by atoms with Crippen molar-refractivity contribution in [2.24, 2.45) is 0 Å². The molecule has 0 aromatic rings. The van der Waals surface area contributed by atoms with Crippen LogP contribution >= 0.6 is 0 Å². The van der Waals surface area contributed by atoms with Crippen LogP contribution in [0.3, 0.4) is 0 Å². The van der Waals surface area contributed by atoms with Crippen molar-refractivity contribution in [1.29, 1.82) is 0 Å². The molecule has 0 aliphatic rings. The maximum atomic E-state index is 11.3. The van der Waals surface area contributed by atoms with Crippen molar-refractivity contribution in [3.63, 3.8) is 0 Å². The number of hydrogen-bond acceptors (Lipinski definition) is 5. The Bertz CT molecular complexity index is 347. The van der Waals surface area contributed by atoms with Gasteiger partial charge >= 0.3 is 75.2 Å². The summed E-state index contributed by atoms with van der Waals surface area (Å²) in [7, 11) is -3.89. The fourth-order valence-corrected chi connectivity index (χ4v) is 2.59. The van der Waals surface area contributed by atoms with Gasteiger partial charge in [-0.25, -0.2) is 0 Å². The van der Waals surface area contributed by atoms with E-state index in [-0.39, 0.29) is 65.5 Å². The zero-order valence-corrected chi connectivity index (χ0v) is 13.3. The quantitative estimate of drug-likeness (QED) is 0.307. The first kappa shape index (κ1) is 28.2. The molecule has 5 nitrogen and oxygen atoms in total. The van der Waals surface area contributed by atoms with Crippen LogP contribution in [0, 0.1) is 0 Å². The minimum absolute atomic E-state index is 0. The Hall–Kier alpha value is 1.38. The maximum absolute atomic E-state index is 11.3. The van der Waals surface area contributed by atoms with Crippen LogP contribution in [0.2, 0.25) is 0 Å². The van der Waals surface area contributed by atoms with Gasteiger partial charge in [0.25, 0.3) is 0 Å². The van der Waals surface area contributed by atoms with Gasteiger partial charge in [-0.3, -0.25) is 4.79 Å². The Labute approximate surface area is 179 Å². The monoisotopic (exact) mass is 356 g/mol. The van der Waals surface area contributed by atoms with E-state index in [2.05, 4.69) is 11.1 Å². The van der Waals surface area contributed by atoms with Crippen molar-refractivity contribution >= 4 is 75.2 Å². The molecule has 0 aliphatic heterocycles. The molecule has 22 heavy (non-hydrogen) atoms. The van der Waals surface area contributed by atoms with E-state index in [9.17, 15) is 13.2 Å². The first-order valence-electron chi connectivity index (χ1n) is 7.57. The van der Waals surface area contributed by atoms with Gasteiger partial charge in [0.05, 0.1) is 6.61 Å². The third kappa shape index (κ3) is 19.4. The molecule has 1 N–H and O–H groups in total. The van der Waals surface area contributed by atoms with Crippen LogP contribution < -0.4 is 0 Å². The predicted molar refractivity (Wildman–Crippen MR) is 93.1 cm³/mol. The van der Waals surface area contributed by atoms with Crippen LogP contribution in [0.4, 0.5) is 0 Å². The molecule has 0 fully saturated rings. The summed E-state index contributed by atoms with van der Waals surface area (Å²) >= 11 is 0. The number of rotatable bonds is 13. The molecule has 0 aliphatic carbocycles. The minimum atomic E-state index is -3.89. The molecule has 124 valence electrons. The van der Waals surface area contributed by atoms with Crippen molar-refractivity contribution in [2.45, 2.75) is 71.1 Å². The van der Waals surface area contributed by atoms with Gasteiger partial charge in [-0.15, -0.1) is 0 Å². The Morgan fingerprint density at radius 1 is 0.909 bits per heavy atom. The second-order valence-electron chi connectivity index (χ2n) is 5.02. The molecular weight excluding hydrogens is 326 g/mol. The fourth-order valence-electron chi connectivity index (χ4n) is 1.92. The first-order valence-corrected chi connectivity index (χ1v) is 9.15. The number of aliphatic hydroxyl groups excluding tert-OH is 1. The Kier molecular flexibility index (Phi) is 24.0. The molecule has 8 heteroatoms. The Balaban J connectivity index is -0.00000180. The van der Waals surface area contributed by atoms with E-state index in [4.69, 9.17) is 5.11 Å². The predicted octanol–water partition coefficient (Wildman–Crippen LogP) is 1.48. The van der Waals surface area contributed by atoms with Crippen LogP contribution in [0.25, 0.3) is 0 Å². The van der Waals surface area contributed by atoms with Crippen LogP contribution in [0.5, 0.6) is 0 Å². The van der Waals surface area contributed by atoms with Gasteiger partial charge in [0.15, 0.2) is 0 Å². The van der Waals surface area contributed by atoms with Gasteiger partial charge in [-0.05, 0) is 6.42 Å². The van der Waals surface area contributed by atoms with E-state index in [1.165, 1.54) is 38.5 Å². The summed E-state index contributed by atoms with van der Waals surface area (Å²) in [4.78, 5) is 11.3. The molecule has 0 radical (unpaired) electrons. The summed E-state index contributed by atoms with van der Waals surface area (Å²) in [5, 5.41) is 8.49. The summed E-state index contributed by atoms with van der Waals surface area (Å²) in [5.41, 5.74) is 0. The second-order valence-corrected chi connectivity index (χ2v) is 6.71. The number of aliphatic hydroxyl groups is 1. The van der Waals surface area contributed by atoms with E-state index < -0.39 is 28.4 Å². The van der Waals surface area contributed by atoms with Crippen LogP contribution in [-0.4, -0.2) is 91.0 Å². The van der Waals surface area contributed by atoms with Crippen molar-refractivity contribution in [1.82, 2.24) is 0 Å². The standard InChI is InChI=1S/C14H28O5S.2Na.2H/c1-2-3-4-5-6-7-8-9-10-11-14(16)19-20(17,18)13-12-15;;;;/h15H,2-13H2,1H3;;;;. The van der Waals surface area contributed by atoms with Crippen molar-refractivity contribution < 1.29 is 22.5 Å². The van der Waals surface area contributed by atoms with Gasteiger partial charge in [-0.1, -0.05) is 58.3 Å². The molecule has 0 bridgehead atoms. The van der Waals surface area contributed by atoms with Crippen molar-refractivity contribution in [2.75, 3.05) is 12.4 Å². The van der Waals surface area contributed by atoms with E-state index in [1.807, 2.05) is 0 Å².